The van der Waals surface area contributed by atoms with Crippen LogP contribution in [0.2, 0.25) is 10.0 Å². The first-order valence-electron chi connectivity index (χ1n) is 11.8. The normalized spacial score (nSPS) is 19.9. The fourth-order valence-corrected chi connectivity index (χ4v) is 5.11. The predicted octanol–water partition coefficient (Wildman–Crippen LogP) is 3.96. The minimum absolute atomic E-state index is 0.120. The number of nitrogens with one attached hydrogen (secondary N) is 1. The number of nitrogens with zero attached hydrogens (tertiary/aromatic N) is 5. The van der Waals surface area contributed by atoms with Gasteiger partial charge in [-0.15, -0.1) is 0 Å². The minimum Gasteiger partial charge on any atom is -0.488 e. The van der Waals surface area contributed by atoms with E-state index in [2.05, 4.69) is 27.1 Å². The first-order valence-corrected chi connectivity index (χ1v) is 12.5. The van der Waals surface area contributed by atoms with Crippen LogP contribution in [-0.4, -0.2) is 78.6 Å². The first-order chi connectivity index (χ1) is 16.4. The summed E-state index contributed by atoms with van der Waals surface area (Å²) in [6.07, 6.45) is 2.65. The molecule has 0 bridgehead atoms. The Morgan fingerprint density at radius 2 is 2.00 bits per heavy atom. The number of rotatable bonds is 7. The van der Waals surface area contributed by atoms with Crippen molar-refractivity contribution in [3.8, 4) is 5.75 Å². The summed E-state index contributed by atoms with van der Waals surface area (Å²) in [5.41, 5.74) is 0.915. The van der Waals surface area contributed by atoms with Crippen molar-refractivity contribution in [1.82, 2.24) is 19.8 Å². The number of amides is 1. The molecule has 3 heterocycles. The number of piperazine rings is 1. The number of halogens is 2. The summed E-state index contributed by atoms with van der Waals surface area (Å²) in [5, 5.41) is 4.61. The SMILES string of the molecule is CCOc1cnc(N2CCN(C(=O)[C@H]3CCN(C)C3)CC2)nc1N[C@H](C)c1ccc(Cl)cc1Cl. The summed E-state index contributed by atoms with van der Waals surface area (Å²) in [4.78, 5) is 28.5. The smallest absolute Gasteiger partial charge is 0.227 e. The summed E-state index contributed by atoms with van der Waals surface area (Å²) in [7, 11) is 2.07. The van der Waals surface area contributed by atoms with Gasteiger partial charge in [-0.3, -0.25) is 4.79 Å². The van der Waals surface area contributed by atoms with Gasteiger partial charge in [-0.05, 0) is 51.6 Å². The van der Waals surface area contributed by atoms with Crippen molar-refractivity contribution in [3.63, 3.8) is 0 Å². The highest BCUT2D eigenvalue weighted by Gasteiger charge is 2.32. The molecule has 2 fully saturated rings. The highest BCUT2D eigenvalue weighted by Crippen LogP contribution is 2.32. The molecule has 2 aliphatic heterocycles. The third-order valence-electron chi connectivity index (χ3n) is 6.44. The topological polar surface area (TPSA) is 73.8 Å². The van der Waals surface area contributed by atoms with Crippen molar-refractivity contribution < 1.29 is 9.53 Å². The van der Waals surface area contributed by atoms with E-state index in [1.165, 1.54) is 0 Å². The van der Waals surface area contributed by atoms with Crippen molar-refractivity contribution >= 4 is 40.9 Å². The van der Waals surface area contributed by atoms with Gasteiger partial charge in [0.15, 0.2) is 11.6 Å². The number of hydrogen-bond acceptors (Lipinski definition) is 7. The Balaban J connectivity index is 1.45. The van der Waals surface area contributed by atoms with Gasteiger partial charge in [0.25, 0.3) is 0 Å². The average Bonchev–Trinajstić information content (AvgIpc) is 3.26. The van der Waals surface area contributed by atoms with E-state index in [1.807, 2.05) is 30.9 Å². The van der Waals surface area contributed by atoms with Gasteiger partial charge in [0.2, 0.25) is 11.9 Å². The molecule has 1 aromatic heterocycles. The van der Waals surface area contributed by atoms with E-state index in [9.17, 15) is 4.79 Å². The number of benzene rings is 1. The van der Waals surface area contributed by atoms with E-state index in [1.54, 1.807) is 12.3 Å². The molecule has 1 aromatic carbocycles. The Hall–Kier alpha value is -2.29. The Morgan fingerprint density at radius 1 is 1.24 bits per heavy atom. The molecule has 0 spiro atoms. The van der Waals surface area contributed by atoms with E-state index >= 15 is 0 Å². The lowest BCUT2D eigenvalue weighted by atomic mass is 10.1. The molecule has 1 N–H and O–H groups in total. The fourth-order valence-electron chi connectivity index (χ4n) is 4.54. The molecule has 0 saturated carbocycles. The molecular formula is C24H32Cl2N6O2. The maximum atomic E-state index is 12.9. The molecule has 1 amide bonds. The maximum absolute atomic E-state index is 12.9. The number of anilines is 2. The second-order valence-corrected chi connectivity index (χ2v) is 9.75. The molecule has 0 unspecified atom stereocenters. The summed E-state index contributed by atoms with van der Waals surface area (Å²) in [6, 6.07) is 5.34. The lowest BCUT2D eigenvalue weighted by Crippen LogP contribution is -2.51. The quantitative estimate of drug-likeness (QED) is 0.608. The van der Waals surface area contributed by atoms with Crippen molar-refractivity contribution in [2.24, 2.45) is 5.92 Å². The van der Waals surface area contributed by atoms with Crippen LogP contribution in [0.15, 0.2) is 24.4 Å². The van der Waals surface area contributed by atoms with Crippen LogP contribution in [0.25, 0.3) is 0 Å². The third kappa shape index (κ3) is 5.67. The van der Waals surface area contributed by atoms with Gasteiger partial charge in [0.1, 0.15) is 0 Å². The van der Waals surface area contributed by atoms with Gasteiger partial charge in [-0.2, -0.15) is 4.98 Å². The molecule has 10 heteroatoms. The number of hydrogen-bond donors (Lipinski definition) is 1. The second-order valence-electron chi connectivity index (χ2n) is 8.91. The molecule has 0 radical (unpaired) electrons. The number of aromatic nitrogens is 2. The zero-order chi connectivity index (χ0) is 24.2. The fraction of sp³-hybridized carbons (Fsp3) is 0.542. The van der Waals surface area contributed by atoms with Crippen LogP contribution in [0, 0.1) is 5.92 Å². The van der Waals surface area contributed by atoms with E-state index in [4.69, 9.17) is 32.9 Å². The van der Waals surface area contributed by atoms with E-state index < -0.39 is 0 Å². The standard InChI is InChI=1S/C24H32Cl2N6O2/c1-4-34-21-14-27-24(29-22(21)28-16(2)19-6-5-18(25)13-20(19)26)32-11-9-31(10-12-32)23(33)17-7-8-30(3)15-17/h5-6,13-14,16-17H,4,7-12,15H2,1-3H3,(H,27,28,29)/t16-,17+/m1/s1. The third-order valence-corrected chi connectivity index (χ3v) is 7.00. The van der Waals surface area contributed by atoms with Gasteiger partial charge in [-0.25, -0.2) is 4.98 Å². The van der Waals surface area contributed by atoms with Crippen LogP contribution in [0.5, 0.6) is 5.75 Å². The van der Waals surface area contributed by atoms with E-state index in [0.29, 0.717) is 60.3 Å². The largest absolute Gasteiger partial charge is 0.488 e. The Labute approximate surface area is 211 Å². The van der Waals surface area contributed by atoms with Gasteiger partial charge >= 0.3 is 0 Å². The first kappa shape index (κ1) is 24.8. The van der Waals surface area contributed by atoms with Crippen LogP contribution < -0.4 is 15.0 Å². The van der Waals surface area contributed by atoms with Gasteiger partial charge in [-0.1, -0.05) is 29.3 Å². The van der Waals surface area contributed by atoms with Crippen LogP contribution in [0.4, 0.5) is 11.8 Å². The molecule has 4 rings (SSSR count). The van der Waals surface area contributed by atoms with E-state index in [-0.39, 0.29) is 17.9 Å². The average molecular weight is 507 g/mol. The van der Waals surface area contributed by atoms with Crippen molar-refractivity contribution in [1.29, 1.82) is 0 Å². The molecule has 0 aliphatic carbocycles. The summed E-state index contributed by atoms with van der Waals surface area (Å²) in [6.45, 7) is 9.03. The molecule has 2 saturated heterocycles. The Bertz CT molecular complexity index is 1010. The predicted molar refractivity (Wildman–Crippen MR) is 136 cm³/mol. The molecule has 184 valence electrons. The highest BCUT2D eigenvalue weighted by atomic mass is 35.5. The minimum atomic E-state index is -0.120. The second kappa shape index (κ2) is 11.0. The Kier molecular flexibility index (Phi) is 8.01. The number of carbonyl (C=O) groups is 1. The zero-order valence-electron chi connectivity index (χ0n) is 19.9. The van der Waals surface area contributed by atoms with Crippen LogP contribution in [0.1, 0.15) is 31.9 Å². The summed E-state index contributed by atoms with van der Waals surface area (Å²) in [5.74, 6) is 2.20. The lowest BCUT2D eigenvalue weighted by molar-refractivity contribution is -0.135. The molecular weight excluding hydrogens is 475 g/mol. The molecule has 8 nitrogen and oxygen atoms in total. The number of ether oxygens (including phenoxy) is 1. The van der Waals surface area contributed by atoms with Crippen LogP contribution in [-0.2, 0) is 4.79 Å². The Morgan fingerprint density at radius 3 is 2.65 bits per heavy atom. The maximum Gasteiger partial charge on any atom is 0.227 e. The summed E-state index contributed by atoms with van der Waals surface area (Å²) >= 11 is 12.5. The van der Waals surface area contributed by atoms with Crippen LogP contribution >= 0.6 is 23.2 Å². The van der Waals surface area contributed by atoms with E-state index in [0.717, 1.165) is 25.1 Å². The number of likely N-dealkylation sites (tertiary alicyclic amines) is 1. The molecule has 2 atom stereocenters. The van der Waals surface area contributed by atoms with Crippen molar-refractivity contribution in [2.45, 2.75) is 26.3 Å². The van der Waals surface area contributed by atoms with Crippen molar-refractivity contribution in [2.75, 3.05) is 63.1 Å². The highest BCUT2D eigenvalue weighted by molar-refractivity contribution is 6.35. The monoisotopic (exact) mass is 506 g/mol. The molecule has 2 aromatic rings. The molecule has 2 aliphatic rings. The van der Waals surface area contributed by atoms with Gasteiger partial charge in [0.05, 0.1) is 24.8 Å². The van der Waals surface area contributed by atoms with Gasteiger partial charge in [0, 0.05) is 42.8 Å². The summed E-state index contributed by atoms with van der Waals surface area (Å²) < 4.78 is 5.76. The zero-order valence-corrected chi connectivity index (χ0v) is 21.4. The molecule has 34 heavy (non-hydrogen) atoms. The van der Waals surface area contributed by atoms with Gasteiger partial charge < -0.3 is 24.8 Å². The van der Waals surface area contributed by atoms with Crippen LogP contribution in [0.3, 0.4) is 0 Å². The lowest BCUT2D eigenvalue weighted by Gasteiger charge is -2.36. The number of carbonyl (C=O) groups excluding carboxylic acids is 1. The van der Waals surface area contributed by atoms with Crippen molar-refractivity contribution in [3.05, 3.63) is 40.0 Å².